The third-order valence-electron chi connectivity index (χ3n) is 3.82. The highest BCUT2D eigenvalue weighted by Gasteiger charge is 2.22. The molecule has 7 heteroatoms. The fraction of sp³-hybridized carbons (Fsp3) is 0.500. The third-order valence-corrected chi connectivity index (χ3v) is 3.82. The number of aryl methyl sites for hydroxylation is 2. The van der Waals surface area contributed by atoms with E-state index in [2.05, 4.69) is 20.4 Å². The van der Waals surface area contributed by atoms with Crippen molar-refractivity contribution in [3.8, 4) is 0 Å². The molecule has 1 amide bonds. The van der Waals surface area contributed by atoms with Crippen LogP contribution in [0.15, 0.2) is 17.1 Å². The molecule has 0 saturated heterocycles. The molecule has 0 aliphatic heterocycles. The van der Waals surface area contributed by atoms with Gasteiger partial charge in [-0.1, -0.05) is 0 Å². The predicted octanol–water partition coefficient (Wildman–Crippen LogP) is 2.37. The maximum absolute atomic E-state index is 10.5. The Labute approximate surface area is 134 Å². The summed E-state index contributed by atoms with van der Waals surface area (Å²) >= 11 is 0. The monoisotopic (exact) mass is 315 g/mol. The van der Waals surface area contributed by atoms with Gasteiger partial charge < -0.3 is 10.4 Å². The summed E-state index contributed by atoms with van der Waals surface area (Å²) in [5.74, 6) is 0. The Morgan fingerprint density at radius 2 is 2.26 bits per heavy atom. The fourth-order valence-electron chi connectivity index (χ4n) is 2.53. The van der Waals surface area contributed by atoms with E-state index in [1.165, 1.54) is 0 Å². The van der Waals surface area contributed by atoms with Crippen molar-refractivity contribution in [1.29, 1.82) is 0 Å². The lowest BCUT2D eigenvalue weighted by molar-refractivity contribution is 0.194. The van der Waals surface area contributed by atoms with Gasteiger partial charge in [0.05, 0.1) is 11.8 Å². The van der Waals surface area contributed by atoms with E-state index in [0.717, 1.165) is 41.0 Å². The molecule has 7 nitrogen and oxygen atoms in total. The van der Waals surface area contributed by atoms with Crippen LogP contribution in [0.3, 0.4) is 0 Å². The van der Waals surface area contributed by atoms with Crippen LogP contribution in [0.25, 0.3) is 11.0 Å². The van der Waals surface area contributed by atoms with Gasteiger partial charge in [-0.05, 0) is 45.2 Å². The maximum Gasteiger partial charge on any atom is 0.404 e. The van der Waals surface area contributed by atoms with Gasteiger partial charge in [-0.25, -0.2) is 14.5 Å². The Morgan fingerprint density at radius 3 is 2.96 bits per heavy atom. The molecule has 1 fully saturated rings. The minimum Gasteiger partial charge on any atom is -0.465 e. The summed E-state index contributed by atoms with van der Waals surface area (Å²) in [5, 5.41) is 16.7. The largest absolute Gasteiger partial charge is 0.465 e. The van der Waals surface area contributed by atoms with Crippen LogP contribution >= 0.6 is 0 Å². The molecule has 0 atom stereocenters. The van der Waals surface area contributed by atoms with E-state index in [-0.39, 0.29) is 0 Å². The van der Waals surface area contributed by atoms with Gasteiger partial charge in [0.15, 0.2) is 5.65 Å². The molecule has 2 heterocycles. The van der Waals surface area contributed by atoms with Crippen molar-refractivity contribution in [2.75, 3.05) is 6.54 Å². The second-order valence-corrected chi connectivity index (χ2v) is 5.93. The van der Waals surface area contributed by atoms with Gasteiger partial charge in [0.25, 0.3) is 0 Å². The summed E-state index contributed by atoms with van der Waals surface area (Å²) in [6.45, 7) is 4.96. The lowest BCUT2D eigenvalue weighted by Crippen LogP contribution is -2.23. The molecule has 0 radical (unpaired) electrons. The van der Waals surface area contributed by atoms with Crippen LogP contribution in [-0.4, -0.2) is 44.3 Å². The molecule has 1 aliphatic carbocycles. The topological polar surface area (TPSA) is 92.4 Å². The van der Waals surface area contributed by atoms with Crippen LogP contribution in [0.5, 0.6) is 0 Å². The zero-order valence-corrected chi connectivity index (χ0v) is 13.4. The molecule has 2 N–H and O–H groups in total. The Hall–Kier alpha value is -2.44. The zero-order valence-electron chi connectivity index (χ0n) is 13.4. The summed E-state index contributed by atoms with van der Waals surface area (Å²) in [4.78, 5) is 19.8. The van der Waals surface area contributed by atoms with E-state index in [9.17, 15) is 4.79 Å². The molecule has 0 spiro atoms. The first-order valence-electron chi connectivity index (χ1n) is 7.90. The van der Waals surface area contributed by atoms with Gasteiger partial charge in [0, 0.05) is 24.2 Å². The Kier molecular flexibility index (Phi) is 4.27. The second-order valence-electron chi connectivity index (χ2n) is 5.93. The number of pyridine rings is 1. The van der Waals surface area contributed by atoms with Crippen molar-refractivity contribution >= 4 is 22.8 Å². The predicted molar refractivity (Wildman–Crippen MR) is 88.1 cm³/mol. The SMILES string of the molecule is C/C(=N\C1CC1)c1nn(CCCNC(=O)O)c2nc(C)ccc12. The number of rotatable bonds is 6. The second kappa shape index (κ2) is 6.36. The van der Waals surface area contributed by atoms with Crippen LogP contribution in [0.4, 0.5) is 4.79 Å². The number of aromatic nitrogens is 3. The first kappa shape index (κ1) is 15.5. The quantitative estimate of drug-likeness (QED) is 0.632. The molecule has 0 unspecified atom stereocenters. The van der Waals surface area contributed by atoms with E-state index in [1.54, 1.807) is 0 Å². The third kappa shape index (κ3) is 3.67. The van der Waals surface area contributed by atoms with Crippen LogP contribution in [0, 0.1) is 6.92 Å². The molecule has 3 rings (SSSR count). The molecular formula is C16H21N5O2. The normalized spacial score (nSPS) is 15.1. The number of aliphatic imine (C=N–C) groups is 1. The lowest BCUT2D eigenvalue weighted by atomic mass is 10.2. The first-order chi connectivity index (χ1) is 11.0. The number of nitrogens with zero attached hydrogens (tertiary/aromatic N) is 4. The summed E-state index contributed by atoms with van der Waals surface area (Å²) in [7, 11) is 0. The van der Waals surface area contributed by atoms with Crippen molar-refractivity contribution in [2.24, 2.45) is 4.99 Å². The molecule has 23 heavy (non-hydrogen) atoms. The lowest BCUT2D eigenvalue weighted by Gasteiger charge is -2.03. The number of nitrogens with one attached hydrogen (secondary N) is 1. The number of hydrogen-bond acceptors (Lipinski definition) is 4. The summed E-state index contributed by atoms with van der Waals surface area (Å²) in [6, 6.07) is 4.47. The van der Waals surface area contributed by atoms with Gasteiger partial charge in [-0.15, -0.1) is 0 Å². The highest BCUT2D eigenvalue weighted by atomic mass is 16.4. The molecule has 0 aromatic carbocycles. The number of carboxylic acid groups (broad SMARTS) is 1. The van der Waals surface area contributed by atoms with Crippen molar-refractivity contribution in [3.63, 3.8) is 0 Å². The van der Waals surface area contributed by atoms with E-state index < -0.39 is 6.09 Å². The van der Waals surface area contributed by atoms with Crippen LogP contribution in [0.1, 0.15) is 37.6 Å². The van der Waals surface area contributed by atoms with Gasteiger partial charge in [0.2, 0.25) is 0 Å². The van der Waals surface area contributed by atoms with Gasteiger partial charge in [0.1, 0.15) is 5.69 Å². The summed E-state index contributed by atoms with van der Waals surface area (Å²) in [5.41, 5.74) is 3.60. The highest BCUT2D eigenvalue weighted by molar-refractivity contribution is 6.07. The Morgan fingerprint density at radius 1 is 1.48 bits per heavy atom. The average molecular weight is 315 g/mol. The smallest absolute Gasteiger partial charge is 0.404 e. The van der Waals surface area contributed by atoms with Gasteiger partial charge in [-0.2, -0.15) is 5.10 Å². The van der Waals surface area contributed by atoms with Crippen LogP contribution < -0.4 is 5.32 Å². The molecule has 1 aliphatic rings. The summed E-state index contributed by atoms with van der Waals surface area (Å²) < 4.78 is 1.85. The minimum absolute atomic E-state index is 0.396. The molecule has 0 bridgehead atoms. The number of hydrogen-bond donors (Lipinski definition) is 2. The number of carbonyl (C=O) groups is 1. The summed E-state index contributed by atoms with van der Waals surface area (Å²) in [6.07, 6.45) is 1.98. The van der Waals surface area contributed by atoms with E-state index in [0.29, 0.717) is 25.6 Å². The first-order valence-corrected chi connectivity index (χ1v) is 7.90. The zero-order chi connectivity index (χ0) is 16.4. The Balaban J connectivity index is 1.87. The minimum atomic E-state index is -1.00. The maximum atomic E-state index is 10.5. The number of fused-ring (bicyclic) bond motifs is 1. The van der Waals surface area contributed by atoms with Crippen molar-refractivity contribution in [3.05, 3.63) is 23.5 Å². The van der Waals surface area contributed by atoms with Crippen LogP contribution in [0.2, 0.25) is 0 Å². The van der Waals surface area contributed by atoms with E-state index >= 15 is 0 Å². The Bertz CT molecular complexity index is 761. The molecule has 1 saturated carbocycles. The van der Waals surface area contributed by atoms with E-state index in [1.807, 2.05) is 30.7 Å². The van der Waals surface area contributed by atoms with Crippen molar-refractivity contribution in [1.82, 2.24) is 20.1 Å². The molecule has 2 aromatic rings. The average Bonchev–Trinajstić information content (AvgIpc) is 3.24. The van der Waals surface area contributed by atoms with E-state index in [4.69, 9.17) is 5.11 Å². The molecule has 2 aromatic heterocycles. The standard InChI is InChI=1S/C16H21N5O2/c1-10-4-7-13-14(11(2)19-12-5-6-12)20-21(15(13)18-10)9-3-8-17-16(22)23/h4,7,12,17H,3,5-6,8-9H2,1-2H3,(H,22,23)/b19-11+. The van der Waals surface area contributed by atoms with Crippen LogP contribution in [-0.2, 0) is 6.54 Å². The number of amides is 1. The molecular weight excluding hydrogens is 294 g/mol. The molecule has 122 valence electrons. The highest BCUT2D eigenvalue weighted by Crippen LogP contribution is 2.26. The van der Waals surface area contributed by atoms with Crippen molar-refractivity contribution < 1.29 is 9.90 Å². The fourth-order valence-corrected chi connectivity index (χ4v) is 2.53. The van der Waals surface area contributed by atoms with Crippen molar-refractivity contribution in [2.45, 2.75) is 45.7 Å². The van der Waals surface area contributed by atoms with Gasteiger partial charge >= 0.3 is 6.09 Å². The van der Waals surface area contributed by atoms with Gasteiger partial charge in [-0.3, -0.25) is 4.99 Å².